The lowest BCUT2D eigenvalue weighted by atomic mass is 10.3. The summed E-state index contributed by atoms with van der Waals surface area (Å²) in [6, 6.07) is 0.386. The van der Waals surface area contributed by atoms with Crippen molar-refractivity contribution in [3.05, 3.63) is 12.3 Å². The zero-order valence-corrected chi connectivity index (χ0v) is 10.2. The van der Waals surface area contributed by atoms with Crippen molar-refractivity contribution in [3.63, 3.8) is 0 Å². The molecule has 0 radical (unpaired) electrons. The highest BCUT2D eigenvalue weighted by atomic mass is 15.0. The van der Waals surface area contributed by atoms with E-state index in [0.717, 1.165) is 5.92 Å². The summed E-state index contributed by atoms with van der Waals surface area (Å²) in [6.07, 6.45) is 6.73. The van der Waals surface area contributed by atoms with Gasteiger partial charge in [-0.1, -0.05) is 27.7 Å². The van der Waals surface area contributed by atoms with Crippen LogP contribution >= 0.6 is 0 Å². The van der Waals surface area contributed by atoms with Crippen LogP contribution in [-0.4, -0.2) is 11.9 Å². The van der Waals surface area contributed by atoms with Crippen molar-refractivity contribution >= 4 is 5.84 Å². The minimum Gasteiger partial charge on any atom is -0.350 e. The highest BCUT2D eigenvalue weighted by Crippen LogP contribution is 2.30. The number of hydrogen-bond acceptors (Lipinski definition) is 2. The van der Waals surface area contributed by atoms with Crippen molar-refractivity contribution in [2.75, 3.05) is 0 Å². The van der Waals surface area contributed by atoms with Gasteiger partial charge in [-0.3, -0.25) is 4.99 Å². The molecule has 2 heteroatoms. The topological polar surface area (TPSA) is 24.4 Å². The van der Waals surface area contributed by atoms with Crippen LogP contribution in [0.3, 0.4) is 0 Å². The van der Waals surface area contributed by atoms with Crippen molar-refractivity contribution in [1.29, 1.82) is 0 Å². The number of hydrogen-bond donors (Lipinski definition) is 1. The van der Waals surface area contributed by atoms with Crippen LogP contribution in [-0.2, 0) is 0 Å². The van der Waals surface area contributed by atoms with E-state index in [4.69, 9.17) is 0 Å². The predicted octanol–water partition coefficient (Wildman–Crippen LogP) is 3.35. The van der Waals surface area contributed by atoms with Crippen molar-refractivity contribution < 1.29 is 0 Å². The second-order valence-corrected chi connectivity index (χ2v) is 3.03. The van der Waals surface area contributed by atoms with Crippen molar-refractivity contribution in [2.45, 2.75) is 53.5 Å². The maximum absolute atomic E-state index is 4.46. The number of amidine groups is 1. The maximum Gasteiger partial charge on any atom is 0.104 e. The second kappa shape index (κ2) is 7.60. The molecular formula is C12H24N2. The van der Waals surface area contributed by atoms with Crippen LogP contribution in [0.1, 0.15) is 47.5 Å². The Labute approximate surface area is 88.5 Å². The lowest BCUT2D eigenvalue weighted by Crippen LogP contribution is -2.25. The summed E-state index contributed by atoms with van der Waals surface area (Å²) >= 11 is 0. The van der Waals surface area contributed by atoms with Gasteiger partial charge in [-0.2, -0.15) is 0 Å². The molecule has 2 aliphatic rings. The second-order valence-electron chi connectivity index (χ2n) is 3.03. The average molecular weight is 196 g/mol. The lowest BCUT2D eigenvalue weighted by Gasteiger charge is -2.12. The van der Waals surface area contributed by atoms with Gasteiger partial charge in [0.1, 0.15) is 5.84 Å². The van der Waals surface area contributed by atoms with E-state index in [2.05, 4.69) is 23.3 Å². The van der Waals surface area contributed by atoms with E-state index in [1.165, 1.54) is 18.7 Å². The molecule has 14 heavy (non-hydrogen) atoms. The number of nitrogens with one attached hydrogen (secondary N) is 1. The molecule has 1 fully saturated rings. The van der Waals surface area contributed by atoms with Gasteiger partial charge in [0, 0.05) is 12.1 Å². The van der Waals surface area contributed by atoms with E-state index in [1.807, 2.05) is 33.9 Å². The molecule has 0 aromatic heterocycles. The standard InChI is InChI=1S/C8H12N2.2C2H6/c1-6-4-5-9-8(10-6)7-2-3-7;2*1-2/h4-7H,2-3H2,1H3,(H,9,10);2*1-2H3. The van der Waals surface area contributed by atoms with Crippen molar-refractivity contribution in [2.24, 2.45) is 10.9 Å². The molecule has 0 aromatic carbocycles. The molecule has 0 saturated heterocycles. The van der Waals surface area contributed by atoms with E-state index in [-0.39, 0.29) is 0 Å². The van der Waals surface area contributed by atoms with E-state index < -0.39 is 0 Å². The molecule has 1 unspecified atom stereocenters. The highest BCUT2D eigenvalue weighted by Gasteiger charge is 2.28. The van der Waals surface area contributed by atoms with E-state index in [0.29, 0.717) is 6.04 Å². The number of nitrogens with zero attached hydrogens (tertiary/aromatic N) is 1. The summed E-state index contributed by atoms with van der Waals surface area (Å²) in [6.45, 7) is 10.1. The first-order valence-corrected chi connectivity index (χ1v) is 5.87. The van der Waals surface area contributed by atoms with Gasteiger partial charge in [0.05, 0.1) is 6.04 Å². The third-order valence-electron chi connectivity index (χ3n) is 1.91. The largest absolute Gasteiger partial charge is 0.350 e. The first-order valence-electron chi connectivity index (χ1n) is 5.87. The Morgan fingerprint density at radius 3 is 2.21 bits per heavy atom. The summed E-state index contributed by atoms with van der Waals surface area (Å²) in [4.78, 5) is 4.46. The molecule has 0 spiro atoms. The zero-order valence-electron chi connectivity index (χ0n) is 10.2. The molecule has 1 atom stereocenters. The third kappa shape index (κ3) is 4.45. The lowest BCUT2D eigenvalue weighted by molar-refractivity contribution is 0.858. The molecule has 1 heterocycles. The van der Waals surface area contributed by atoms with Gasteiger partial charge in [0.2, 0.25) is 0 Å². The maximum atomic E-state index is 4.46. The van der Waals surface area contributed by atoms with Gasteiger partial charge >= 0.3 is 0 Å². The molecule has 1 saturated carbocycles. The Bertz CT molecular complexity index is 190. The van der Waals surface area contributed by atoms with E-state index in [1.54, 1.807) is 0 Å². The van der Waals surface area contributed by atoms with Gasteiger partial charge in [-0.05, 0) is 25.8 Å². The normalized spacial score (nSPS) is 23.2. The Hall–Kier alpha value is -0.790. The minimum absolute atomic E-state index is 0.386. The quantitative estimate of drug-likeness (QED) is 0.683. The summed E-state index contributed by atoms with van der Waals surface area (Å²) in [5.74, 6) is 1.96. The Balaban J connectivity index is 0.000000379. The van der Waals surface area contributed by atoms with Gasteiger partial charge in [0.15, 0.2) is 0 Å². The van der Waals surface area contributed by atoms with Crippen molar-refractivity contribution in [3.8, 4) is 0 Å². The van der Waals surface area contributed by atoms with Crippen LogP contribution in [0, 0.1) is 5.92 Å². The Kier molecular flexibility index (Phi) is 7.17. The van der Waals surface area contributed by atoms with Gasteiger partial charge in [-0.25, -0.2) is 0 Å². The predicted molar refractivity (Wildman–Crippen MR) is 64.6 cm³/mol. The summed E-state index contributed by atoms with van der Waals surface area (Å²) in [7, 11) is 0. The smallest absolute Gasteiger partial charge is 0.104 e. The molecule has 2 nitrogen and oxygen atoms in total. The van der Waals surface area contributed by atoms with Crippen LogP contribution in [0.4, 0.5) is 0 Å². The Morgan fingerprint density at radius 2 is 1.79 bits per heavy atom. The fraction of sp³-hybridized carbons (Fsp3) is 0.750. The van der Waals surface area contributed by atoms with Crippen LogP contribution in [0.2, 0.25) is 0 Å². The fourth-order valence-corrected chi connectivity index (χ4v) is 1.15. The first kappa shape index (κ1) is 13.2. The third-order valence-corrected chi connectivity index (χ3v) is 1.91. The highest BCUT2D eigenvalue weighted by molar-refractivity contribution is 5.88. The number of rotatable bonds is 1. The molecule has 1 aliphatic carbocycles. The van der Waals surface area contributed by atoms with Crippen LogP contribution in [0.25, 0.3) is 0 Å². The molecule has 2 rings (SSSR count). The SMILES string of the molecule is CC.CC.CC1C=CNC(C2CC2)=N1. The number of aliphatic imine (C=N–C) groups is 1. The fourth-order valence-electron chi connectivity index (χ4n) is 1.15. The molecule has 1 N–H and O–H groups in total. The monoisotopic (exact) mass is 196 g/mol. The zero-order chi connectivity index (χ0) is 11.0. The first-order chi connectivity index (χ1) is 6.86. The van der Waals surface area contributed by atoms with Gasteiger partial charge < -0.3 is 5.32 Å². The van der Waals surface area contributed by atoms with Gasteiger partial charge in [-0.15, -0.1) is 0 Å². The summed E-state index contributed by atoms with van der Waals surface area (Å²) < 4.78 is 0. The summed E-state index contributed by atoms with van der Waals surface area (Å²) in [5.41, 5.74) is 0. The van der Waals surface area contributed by atoms with Crippen LogP contribution in [0.15, 0.2) is 17.3 Å². The molecule has 0 aromatic rings. The van der Waals surface area contributed by atoms with E-state index >= 15 is 0 Å². The molecule has 82 valence electrons. The Morgan fingerprint density at radius 1 is 1.21 bits per heavy atom. The summed E-state index contributed by atoms with van der Waals surface area (Å²) in [5, 5.41) is 3.18. The average Bonchev–Trinajstić information content (AvgIpc) is 3.07. The minimum atomic E-state index is 0.386. The molecular weight excluding hydrogens is 172 g/mol. The van der Waals surface area contributed by atoms with Gasteiger partial charge in [0.25, 0.3) is 0 Å². The van der Waals surface area contributed by atoms with Crippen LogP contribution < -0.4 is 5.32 Å². The van der Waals surface area contributed by atoms with E-state index in [9.17, 15) is 0 Å². The molecule has 0 amide bonds. The van der Waals surface area contributed by atoms with Crippen molar-refractivity contribution in [1.82, 2.24) is 5.32 Å². The molecule has 0 bridgehead atoms. The molecule has 1 aliphatic heterocycles. The van der Waals surface area contributed by atoms with Crippen LogP contribution in [0.5, 0.6) is 0 Å².